The van der Waals surface area contributed by atoms with Gasteiger partial charge in [-0.1, -0.05) is 67.6 Å². The topological polar surface area (TPSA) is 0 Å². The molecule has 0 unspecified atom stereocenters. The summed E-state index contributed by atoms with van der Waals surface area (Å²) in [6, 6.07) is 13.0. The van der Waals surface area contributed by atoms with Crippen LogP contribution in [0.4, 0.5) is 0 Å². The first-order valence-corrected chi connectivity index (χ1v) is 6.07. The number of rotatable bonds is 3. The molecule has 17 heavy (non-hydrogen) atoms. The second-order valence-electron chi connectivity index (χ2n) is 4.31. The Labute approximate surface area is 103 Å². The first kappa shape index (κ1) is 11.7. The number of benzene rings is 2. The van der Waals surface area contributed by atoms with Crippen LogP contribution in [0, 0.1) is 0 Å². The highest BCUT2D eigenvalue weighted by Gasteiger charge is 2.03. The Bertz CT molecular complexity index is 574. The molecule has 0 heteroatoms. The Balaban J connectivity index is 2.75. The highest BCUT2D eigenvalue weighted by molar-refractivity contribution is 5.92. The van der Waals surface area contributed by atoms with Gasteiger partial charge in [0.05, 0.1) is 0 Å². The lowest BCUT2D eigenvalue weighted by Crippen LogP contribution is -1.89. The molecule has 0 saturated heterocycles. The Morgan fingerprint density at radius 3 is 2.65 bits per heavy atom. The van der Waals surface area contributed by atoms with Crippen molar-refractivity contribution in [2.45, 2.75) is 20.3 Å². The molecule has 86 valence electrons. The predicted octanol–water partition coefficient (Wildman–Crippen LogP) is 4.99. The molecule has 2 aromatic carbocycles. The van der Waals surface area contributed by atoms with Gasteiger partial charge in [0.15, 0.2) is 0 Å². The molecular weight excluding hydrogens is 204 g/mol. The third-order valence-corrected chi connectivity index (χ3v) is 3.14. The van der Waals surface area contributed by atoms with Crippen LogP contribution >= 0.6 is 0 Å². The van der Waals surface area contributed by atoms with Crippen LogP contribution < -0.4 is 0 Å². The Kier molecular flexibility index (Phi) is 3.43. The molecule has 2 aromatic rings. The van der Waals surface area contributed by atoms with Crippen molar-refractivity contribution < 1.29 is 0 Å². The van der Waals surface area contributed by atoms with E-state index in [1.807, 2.05) is 6.08 Å². The molecule has 0 radical (unpaired) electrons. The van der Waals surface area contributed by atoms with Gasteiger partial charge in [-0.15, -0.1) is 0 Å². The van der Waals surface area contributed by atoms with E-state index in [1.54, 1.807) is 0 Å². The quantitative estimate of drug-likeness (QED) is 0.642. The van der Waals surface area contributed by atoms with Crippen LogP contribution in [0.1, 0.15) is 25.0 Å². The fourth-order valence-electron chi connectivity index (χ4n) is 2.11. The van der Waals surface area contributed by atoms with Crippen molar-refractivity contribution in [3.05, 3.63) is 65.8 Å². The Morgan fingerprint density at radius 1 is 1.18 bits per heavy atom. The summed E-state index contributed by atoms with van der Waals surface area (Å²) in [6.45, 7) is 8.11. The maximum absolute atomic E-state index is 3.82. The molecule has 0 saturated carbocycles. The van der Waals surface area contributed by atoms with Crippen molar-refractivity contribution >= 4 is 16.8 Å². The van der Waals surface area contributed by atoms with Crippen LogP contribution in [0.5, 0.6) is 0 Å². The molecule has 0 nitrogen and oxygen atoms in total. The van der Waals surface area contributed by atoms with Gasteiger partial charge in [0.1, 0.15) is 0 Å². The van der Waals surface area contributed by atoms with Gasteiger partial charge in [-0.25, -0.2) is 0 Å². The average molecular weight is 222 g/mol. The molecular formula is C17H18. The molecule has 2 rings (SSSR count). The lowest BCUT2D eigenvalue weighted by Gasteiger charge is -2.09. The maximum Gasteiger partial charge on any atom is -0.0109 e. The number of fused-ring (bicyclic) bond motifs is 1. The first-order chi connectivity index (χ1) is 8.26. The van der Waals surface area contributed by atoms with Crippen LogP contribution in [-0.4, -0.2) is 0 Å². The minimum absolute atomic E-state index is 1.06. The van der Waals surface area contributed by atoms with E-state index in [0.29, 0.717) is 0 Å². The molecule has 0 N–H and O–H groups in total. The van der Waals surface area contributed by atoms with E-state index < -0.39 is 0 Å². The third-order valence-electron chi connectivity index (χ3n) is 3.14. The zero-order chi connectivity index (χ0) is 12.3. The summed E-state index contributed by atoms with van der Waals surface area (Å²) >= 11 is 0. The summed E-state index contributed by atoms with van der Waals surface area (Å²) in [4.78, 5) is 0. The highest BCUT2D eigenvalue weighted by atomic mass is 14.1. The molecule has 0 spiro atoms. The van der Waals surface area contributed by atoms with E-state index in [4.69, 9.17) is 0 Å². The van der Waals surface area contributed by atoms with Crippen LogP contribution in [0.3, 0.4) is 0 Å². The van der Waals surface area contributed by atoms with Gasteiger partial charge >= 0.3 is 0 Å². The van der Waals surface area contributed by atoms with E-state index in [9.17, 15) is 0 Å². The molecule has 0 heterocycles. The fraction of sp³-hybridized carbons (Fsp3) is 0.176. The van der Waals surface area contributed by atoms with Crippen molar-refractivity contribution in [2.75, 3.05) is 0 Å². The van der Waals surface area contributed by atoms with Crippen LogP contribution in [0.25, 0.3) is 16.8 Å². The van der Waals surface area contributed by atoms with Gasteiger partial charge in [0, 0.05) is 0 Å². The molecule has 0 bridgehead atoms. The van der Waals surface area contributed by atoms with Crippen LogP contribution in [0.15, 0.2) is 54.6 Å². The summed E-state index contributed by atoms with van der Waals surface area (Å²) in [5.41, 5.74) is 3.93. The smallest absolute Gasteiger partial charge is 0.0109 e. The minimum Gasteiger partial charge on any atom is -0.0988 e. The molecule has 0 aromatic heterocycles. The molecule has 0 amide bonds. The zero-order valence-electron chi connectivity index (χ0n) is 10.5. The summed E-state index contributed by atoms with van der Waals surface area (Å²) < 4.78 is 0. The number of hydrogen-bond donors (Lipinski definition) is 0. The van der Waals surface area contributed by atoms with Crippen molar-refractivity contribution in [3.63, 3.8) is 0 Å². The highest BCUT2D eigenvalue weighted by Crippen LogP contribution is 2.25. The number of aryl methyl sites for hydroxylation is 1. The SMILES string of the molecule is C=CC(C)=Cc1c(CC)ccc2ccccc12. The fourth-order valence-corrected chi connectivity index (χ4v) is 2.11. The summed E-state index contributed by atoms with van der Waals surface area (Å²) in [7, 11) is 0. The van der Waals surface area contributed by atoms with Crippen LogP contribution in [0.2, 0.25) is 0 Å². The van der Waals surface area contributed by atoms with Gasteiger partial charge in [-0.3, -0.25) is 0 Å². The van der Waals surface area contributed by atoms with E-state index in [2.05, 4.69) is 62.9 Å². The van der Waals surface area contributed by atoms with Gasteiger partial charge < -0.3 is 0 Å². The van der Waals surface area contributed by atoms with Gasteiger partial charge in [0.2, 0.25) is 0 Å². The summed E-state index contributed by atoms with van der Waals surface area (Å²) in [5, 5.41) is 2.63. The van der Waals surface area contributed by atoms with Gasteiger partial charge in [-0.2, -0.15) is 0 Å². The summed E-state index contributed by atoms with van der Waals surface area (Å²) in [6.07, 6.45) is 5.19. The maximum atomic E-state index is 3.82. The standard InChI is InChI=1S/C17H18/c1-4-13(3)12-17-14(5-2)10-11-15-8-6-7-9-16(15)17/h4,6-12H,1,5H2,2-3H3. The predicted molar refractivity (Wildman–Crippen MR) is 77.2 cm³/mol. The second kappa shape index (κ2) is 5.01. The lowest BCUT2D eigenvalue weighted by atomic mass is 9.96. The van der Waals surface area contributed by atoms with Gasteiger partial charge in [-0.05, 0) is 35.2 Å². The van der Waals surface area contributed by atoms with E-state index in [0.717, 1.165) is 6.42 Å². The molecule has 0 aliphatic heterocycles. The van der Waals surface area contributed by atoms with Crippen LogP contribution in [-0.2, 0) is 6.42 Å². The molecule has 0 aliphatic rings. The first-order valence-electron chi connectivity index (χ1n) is 6.07. The Hall–Kier alpha value is -1.82. The van der Waals surface area contributed by atoms with Crippen molar-refractivity contribution in [2.24, 2.45) is 0 Å². The zero-order valence-corrected chi connectivity index (χ0v) is 10.5. The minimum atomic E-state index is 1.06. The number of hydrogen-bond acceptors (Lipinski definition) is 0. The van der Waals surface area contributed by atoms with Crippen molar-refractivity contribution in [3.8, 4) is 0 Å². The Morgan fingerprint density at radius 2 is 1.94 bits per heavy atom. The van der Waals surface area contributed by atoms with Gasteiger partial charge in [0.25, 0.3) is 0 Å². The van der Waals surface area contributed by atoms with Crippen molar-refractivity contribution in [1.29, 1.82) is 0 Å². The lowest BCUT2D eigenvalue weighted by molar-refractivity contribution is 1.14. The monoisotopic (exact) mass is 222 g/mol. The summed E-state index contributed by atoms with van der Waals surface area (Å²) in [5.74, 6) is 0. The molecule has 0 fully saturated rings. The largest absolute Gasteiger partial charge is 0.0988 e. The number of allylic oxidation sites excluding steroid dienone is 2. The average Bonchev–Trinajstić information content (AvgIpc) is 2.39. The normalized spacial score (nSPS) is 11.8. The third kappa shape index (κ3) is 2.31. The second-order valence-corrected chi connectivity index (χ2v) is 4.31. The van der Waals surface area contributed by atoms with E-state index >= 15 is 0 Å². The van der Waals surface area contributed by atoms with E-state index in [-0.39, 0.29) is 0 Å². The molecule has 0 atom stereocenters. The molecule has 0 aliphatic carbocycles. The van der Waals surface area contributed by atoms with E-state index in [1.165, 1.54) is 27.5 Å². The van der Waals surface area contributed by atoms with Crippen molar-refractivity contribution in [1.82, 2.24) is 0 Å².